The first-order chi connectivity index (χ1) is 9.65. The van der Waals surface area contributed by atoms with Gasteiger partial charge in [0.1, 0.15) is 0 Å². The average Bonchev–Trinajstić information content (AvgIpc) is 2.76. The average molecular weight is 339 g/mol. The Morgan fingerprint density at radius 1 is 1.25 bits per heavy atom. The molecule has 2 aliphatic heterocycles. The van der Waals surface area contributed by atoms with Crippen LogP contribution in [0.4, 0.5) is 5.69 Å². The number of hydrogen-bond acceptors (Lipinski definition) is 3. The van der Waals surface area contributed by atoms with Gasteiger partial charge in [0.2, 0.25) is 0 Å². The van der Waals surface area contributed by atoms with E-state index in [0.29, 0.717) is 11.6 Å². The molecule has 0 aliphatic carbocycles. The highest BCUT2D eigenvalue weighted by molar-refractivity contribution is 9.10. The maximum Gasteiger partial charge on any atom is 0.335 e. The Hall–Kier alpha value is -1.07. The van der Waals surface area contributed by atoms with Gasteiger partial charge in [-0.15, -0.1) is 0 Å². The summed E-state index contributed by atoms with van der Waals surface area (Å²) in [7, 11) is 0. The van der Waals surface area contributed by atoms with Gasteiger partial charge in [0.05, 0.1) is 11.3 Å². The molecular formula is C15H19BrN2O2. The Kier molecular flexibility index (Phi) is 3.98. The lowest BCUT2D eigenvalue weighted by Gasteiger charge is -2.28. The van der Waals surface area contributed by atoms with E-state index in [1.165, 1.54) is 32.4 Å². The van der Waals surface area contributed by atoms with E-state index >= 15 is 0 Å². The van der Waals surface area contributed by atoms with E-state index < -0.39 is 5.97 Å². The van der Waals surface area contributed by atoms with Crippen molar-refractivity contribution in [1.82, 2.24) is 4.90 Å². The first kappa shape index (κ1) is 13.9. The van der Waals surface area contributed by atoms with Crippen LogP contribution in [-0.4, -0.2) is 48.2 Å². The van der Waals surface area contributed by atoms with Crippen molar-refractivity contribution in [3.63, 3.8) is 0 Å². The van der Waals surface area contributed by atoms with Crippen LogP contribution in [-0.2, 0) is 0 Å². The van der Waals surface area contributed by atoms with Crippen molar-refractivity contribution < 1.29 is 9.90 Å². The minimum Gasteiger partial charge on any atom is -0.478 e. The summed E-state index contributed by atoms with van der Waals surface area (Å²) in [6, 6.07) is 5.98. The topological polar surface area (TPSA) is 43.8 Å². The summed E-state index contributed by atoms with van der Waals surface area (Å²) in [6.07, 6.45) is 3.75. The number of carbonyl (C=O) groups is 1. The Labute approximate surface area is 127 Å². The normalized spacial score (nSPS) is 23.4. The van der Waals surface area contributed by atoms with Crippen LogP contribution in [0, 0.1) is 0 Å². The second kappa shape index (κ2) is 5.74. The van der Waals surface area contributed by atoms with Crippen molar-refractivity contribution in [2.45, 2.75) is 25.3 Å². The predicted octanol–water partition coefficient (Wildman–Crippen LogP) is 2.82. The zero-order valence-corrected chi connectivity index (χ0v) is 13.0. The van der Waals surface area contributed by atoms with Crippen molar-refractivity contribution in [3.8, 4) is 0 Å². The first-order valence-corrected chi connectivity index (χ1v) is 7.96. The van der Waals surface area contributed by atoms with Crippen molar-refractivity contribution in [1.29, 1.82) is 0 Å². The predicted molar refractivity (Wildman–Crippen MR) is 82.5 cm³/mol. The summed E-state index contributed by atoms with van der Waals surface area (Å²) in [6.45, 7) is 4.51. The Bertz CT molecular complexity index is 521. The highest BCUT2D eigenvalue weighted by Gasteiger charge is 2.29. The monoisotopic (exact) mass is 338 g/mol. The Morgan fingerprint density at radius 2 is 2.05 bits per heavy atom. The molecule has 0 amide bonds. The summed E-state index contributed by atoms with van der Waals surface area (Å²) < 4.78 is 0.879. The molecule has 1 atom stereocenters. The third-order valence-corrected chi connectivity index (χ3v) is 4.97. The second-order valence-corrected chi connectivity index (χ2v) is 6.46. The second-order valence-electron chi connectivity index (χ2n) is 5.60. The molecule has 1 aromatic carbocycles. The minimum absolute atomic E-state index is 0.331. The Balaban J connectivity index is 1.82. The molecule has 0 bridgehead atoms. The van der Waals surface area contributed by atoms with Crippen LogP contribution in [0.3, 0.4) is 0 Å². The number of halogens is 1. The number of hydrogen-bond donors (Lipinski definition) is 1. The van der Waals surface area contributed by atoms with Crippen LogP contribution in [0.5, 0.6) is 0 Å². The standard InChI is InChI=1S/C15H19BrN2O2/c16-13-9-11(15(19)20)4-5-14(13)18-8-2-7-17-6-1-3-12(17)10-18/h4-5,9,12H,1-3,6-8,10H2,(H,19,20). The number of benzene rings is 1. The highest BCUT2D eigenvalue weighted by Crippen LogP contribution is 2.31. The van der Waals surface area contributed by atoms with E-state index in [-0.39, 0.29) is 0 Å². The van der Waals surface area contributed by atoms with Gasteiger partial charge in [-0.05, 0) is 59.9 Å². The lowest BCUT2D eigenvalue weighted by atomic mass is 10.1. The number of aromatic carboxylic acids is 1. The fraction of sp³-hybridized carbons (Fsp3) is 0.533. The highest BCUT2D eigenvalue weighted by atomic mass is 79.9. The van der Waals surface area contributed by atoms with E-state index in [9.17, 15) is 4.79 Å². The van der Waals surface area contributed by atoms with Gasteiger partial charge in [0.15, 0.2) is 0 Å². The van der Waals surface area contributed by atoms with Crippen LogP contribution < -0.4 is 4.90 Å². The molecule has 3 rings (SSSR count). The van der Waals surface area contributed by atoms with Crippen molar-refractivity contribution in [2.24, 2.45) is 0 Å². The lowest BCUT2D eigenvalue weighted by molar-refractivity contribution is 0.0697. The van der Waals surface area contributed by atoms with Gasteiger partial charge in [0, 0.05) is 30.1 Å². The fourth-order valence-corrected chi connectivity index (χ4v) is 3.95. The molecule has 0 spiro atoms. The molecule has 2 heterocycles. The van der Waals surface area contributed by atoms with Gasteiger partial charge in [0.25, 0.3) is 0 Å². The lowest BCUT2D eigenvalue weighted by Crippen LogP contribution is -2.36. The van der Waals surface area contributed by atoms with E-state index in [1.807, 2.05) is 6.07 Å². The van der Waals surface area contributed by atoms with Gasteiger partial charge in [-0.25, -0.2) is 4.79 Å². The Morgan fingerprint density at radius 3 is 2.80 bits per heavy atom. The molecule has 1 N–H and O–H groups in total. The summed E-state index contributed by atoms with van der Waals surface area (Å²) >= 11 is 3.53. The molecule has 0 radical (unpaired) electrons. The molecule has 5 heteroatoms. The molecule has 4 nitrogen and oxygen atoms in total. The zero-order valence-electron chi connectivity index (χ0n) is 11.4. The molecule has 2 aliphatic rings. The fourth-order valence-electron chi connectivity index (χ4n) is 3.32. The smallest absolute Gasteiger partial charge is 0.335 e. The van der Waals surface area contributed by atoms with Gasteiger partial charge >= 0.3 is 5.97 Å². The number of anilines is 1. The maximum atomic E-state index is 11.0. The van der Waals surface area contributed by atoms with Crippen LogP contribution in [0.15, 0.2) is 22.7 Å². The summed E-state index contributed by atoms with van der Waals surface area (Å²) in [5.74, 6) is -0.880. The van der Waals surface area contributed by atoms with Crippen molar-refractivity contribution in [3.05, 3.63) is 28.2 Å². The molecule has 1 unspecified atom stereocenters. The van der Waals surface area contributed by atoms with Gasteiger partial charge < -0.3 is 10.0 Å². The minimum atomic E-state index is -0.880. The third kappa shape index (κ3) is 2.69. The molecular weight excluding hydrogens is 320 g/mol. The third-order valence-electron chi connectivity index (χ3n) is 4.34. The zero-order chi connectivity index (χ0) is 14.1. The van der Waals surface area contributed by atoms with Gasteiger partial charge in [-0.3, -0.25) is 4.90 Å². The SMILES string of the molecule is O=C(O)c1ccc(N2CCCN3CCCC3C2)c(Br)c1. The number of nitrogens with zero attached hydrogens (tertiary/aromatic N) is 2. The van der Waals surface area contributed by atoms with E-state index in [1.54, 1.807) is 12.1 Å². The molecule has 2 fully saturated rings. The largest absolute Gasteiger partial charge is 0.478 e. The van der Waals surface area contributed by atoms with Crippen LogP contribution in [0.1, 0.15) is 29.6 Å². The van der Waals surface area contributed by atoms with Gasteiger partial charge in [-0.1, -0.05) is 0 Å². The van der Waals surface area contributed by atoms with Gasteiger partial charge in [-0.2, -0.15) is 0 Å². The summed E-state index contributed by atoms with van der Waals surface area (Å²) in [4.78, 5) is 16.0. The summed E-state index contributed by atoms with van der Waals surface area (Å²) in [5, 5.41) is 9.04. The van der Waals surface area contributed by atoms with E-state index in [4.69, 9.17) is 5.11 Å². The van der Waals surface area contributed by atoms with Crippen molar-refractivity contribution >= 4 is 27.6 Å². The molecule has 0 aromatic heterocycles. The molecule has 2 saturated heterocycles. The molecule has 108 valence electrons. The molecule has 20 heavy (non-hydrogen) atoms. The van der Waals surface area contributed by atoms with Crippen LogP contribution >= 0.6 is 15.9 Å². The van der Waals surface area contributed by atoms with Crippen molar-refractivity contribution in [2.75, 3.05) is 31.1 Å². The molecule has 1 aromatic rings. The summed E-state index contributed by atoms with van der Waals surface area (Å²) in [5.41, 5.74) is 1.45. The number of carboxylic acids is 1. The van der Waals surface area contributed by atoms with Crippen LogP contribution in [0.2, 0.25) is 0 Å². The molecule has 0 saturated carbocycles. The quantitative estimate of drug-likeness (QED) is 0.900. The first-order valence-electron chi connectivity index (χ1n) is 7.17. The van der Waals surface area contributed by atoms with Crippen LogP contribution in [0.25, 0.3) is 0 Å². The van der Waals surface area contributed by atoms with E-state index in [0.717, 1.165) is 23.2 Å². The number of rotatable bonds is 2. The van der Waals surface area contributed by atoms with E-state index in [2.05, 4.69) is 25.7 Å². The maximum absolute atomic E-state index is 11.0. The number of fused-ring (bicyclic) bond motifs is 1. The number of carboxylic acid groups (broad SMARTS) is 1.